The maximum Gasteiger partial charge on any atom is 0.220 e. The number of primary amides is 1. The molecule has 0 aromatic heterocycles. The first kappa shape index (κ1) is 20.9. The van der Waals surface area contributed by atoms with E-state index in [0.29, 0.717) is 6.42 Å². The first-order chi connectivity index (χ1) is 12.1. The van der Waals surface area contributed by atoms with Gasteiger partial charge in [0, 0.05) is 6.42 Å². The van der Waals surface area contributed by atoms with Gasteiger partial charge in [-0.15, -0.1) is 0 Å². The summed E-state index contributed by atoms with van der Waals surface area (Å²) in [7, 11) is 0. The minimum Gasteiger partial charge on any atom is -0.370 e. The predicted octanol–water partition coefficient (Wildman–Crippen LogP) is 3.90. The van der Waals surface area contributed by atoms with Crippen LogP contribution in [0, 0.1) is 0 Å². The van der Waals surface area contributed by atoms with Crippen LogP contribution < -0.4 is 11.1 Å². The van der Waals surface area contributed by atoms with Crippen LogP contribution in [0.25, 0.3) is 0 Å². The molecule has 1 rings (SSSR count). The normalized spacial score (nSPS) is 12.2. The van der Waals surface area contributed by atoms with Gasteiger partial charge < -0.3 is 11.1 Å². The number of carbonyl (C=O) groups excluding carboxylic acids is 2. The van der Waals surface area contributed by atoms with Gasteiger partial charge in [-0.25, -0.2) is 0 Å². The maximum absolute atomic E-state index is 12.0. The standard InChI is InChI=1S/C21H32N2O2/c1-2-3-4-5-9-16-21(25)23-19(17-20(22)24)15-11-10-14-18-12-7-6-8-13-18/h6-8,11-13,15,19H,2-5,9-10,14,16-17H2,1H3,(H2,22,24)(H,23,25)/b15-11+/t19-/m0/s1. The highest BCUT2D eigenvalue weighted by atomic mass is 16.2. The van der Waals surface area contributed by atoms with Gasteiger partial charge in [-0.2, -0.15) is 0 Å². The molecule has 4 heteroatoms. The minimum absolute atomic E-state index is 0.00421. The van der Waals surface area contributed by atoms with Gasteiger partial charge in [-0.1, -0.05) is 75.1 Å². The van der Waals surface area contributed by atoms with E-state index in [-0.39, 0.29) is 18.4 Å². The SMILES string of the molecule is CCCCCCCC(=O)N[C@@H](/C=C/CCc1ccccc1)CC(N)=O. The van der Waals surface area contributed by atoms with Gasteiger partial charge in [0.25, 0.3) is 0 Å². The quantitative estimate of drug-likeness (QED) is 0.421. The molecule has 3 N–H and O–H groups in total. The molecule has 0 aliphatic carbocycles. The Labute approximate surface area is 151 Å². The summed E-state index contributed by atoms with van der Waals surface area (Å²) in [5, 5.41) is 2.91. The smallest absolute Gasteiger partial charge is 0.220 e. The highest BCUT2D eigenvalue weighted by Crippen LogP contribution is 2.06. The van der Waals surface area contributed by atoms with E-state index in [1.165, 1.54) is 24.8 Å². The molecule has 1 aromatic rings. The third kappa shape index (κ3) is 11.1. The van der Waals surface area contributed by atoms with Crippen molar-refractivity contribution in [1.29, 1.82) is 0 Å². The average Bonchev–Trinajstić information content (AvgIpc) is 2.59. The third-order valence-electron chi connectivity index (χ3n) is 4.09. The lowest BCUT2D eigenvalue weighted by Gasteiger charge is -2.13. The van der Waals surface area contributed by atoms with Crippen molar-refractivity contribution in [2.24, 2.45) is 5.73 Å². The van der Waals surface area contributed by atoms with Crippen molar-refractivity contribution < 1.29 is 9.59 Å². The van der Waals surface area contributed by atoms with Crippen molar-refractivity contribution in [2.75, 3.05) is 0 Å². The fourth-order valence-corrected chi connectivity index (χ4v) is 2.71. The van der Waals surface area contributed by atoms with Crippen LogP contribution in [-0.2, 0) is 16.0 Å². The Bertz CT molecular complexity index is 526. The fourth-order valence-electron chi connectivity index (χ4n) is 2.71. The lowest BCUT2D eigenvalue weighted by molar-refractivity contribution is -0.122. The lowest BCUT2D eigenvalue weighted by Crippen LogP contribution is -2.36. The number of hydrogen-bond acceptors (Lipinski definition) is 2. The second kappa shape index (κ2) is 13.2. The van der Waals surface area contributed by atoms with Crippen molar-refractivity contribution in [3.63, 3.8) is 0 Å². The molecular weight excluding hydrogens is 312 g/mol. The van der Waals surface area contributed by atoms with Gasteiger partial charge in [0.1, 0.15) is 0 Å². The van der Waals surface area contributed by atoms with Crippen molar-refractivity contribution in [3.05, 3.63) is 48.0 Å². The van der Waals surface area contributed by atoms with E-state index in [2.05, 4.69) is 24.4 Å². The zero-order chi connectivity index (χ0) is 18.3. The molecule has 0 aliphatic rings. The largest absolute Gasteiger partial charge is 0.370 e. The zero-order valence-corrected chi connectivity index (χ0v) is 15.4. The summed E-state index contributed by atoms with van der Waals surface area (Å²) in [5.74, 6) is -0.406. The summed E-state index contributed by atoms with van der Waals surface area (Å²) in [5.41, 5.74) is 6.57. The summed E-state index contributed by atoms with van der Waals surface area (Å²) in [6, 6.07) is 9.92. The molecule has 0 radical (unpaired) electrons. The molecule has 0 saturated heterocycles. The monoisotopic (exact) mass is 344 g/mol. The number of carbonyl (C=O) groups is 2. The van der Waals surface area contributed by atoms with Crippen LogP contribution in [0.1, 0.15) is 63.9 Å². The molecule has 0 unspecified atom stereocenters. The second-order valence-corrected chi connectivity index (χ2v) is 6.46. The summed E-state index contributed by atoms with van der Waals surface area (Å²) in [6.45, 7) is 2.17. The number of unbranched alkanes of at least 4 members (excludes halogenated alkanes) is 4. The van der Waals surface area contributed by atoms with Crippen molar-refractivity contribution in [3.8, 4) is 0 Å². The Kier molecular flexibility index (Phi) is 11.1. The van der Waals surface area contributed by atoms with Crippen LogP contribution in [-0.4, -0.2) is 17.9 Å². The number of allylic oxidation sites excluding steroid dienone is 1. The Morgan fingerprint density at radius 2 is 1.84 bits per heavy atom. The number of nitrogens with one attached hydrogen (secondary N) is 1. The number of rotatable bonds is 13. The summed E-state index contributed by atoms with van der Waals surface area (Å²) in [6.07, 6.45) is 11.9. The Balaban J connectivity index is 2.35. The van der Waals surface area contributed by atoms with E-state index >= 15 is 0 Å². The molecule has 0 bridgehead atoms. The van der Waals surface area contributed by atoms with Crippen LogP contribution in [0.3, 0.4) is 0 Å². The Morgan fingerprint density at radius 1 is 1.12 bits per heavy atom. The van der Waals surface area contributed by atoms with Crippen LogP contribution in [0.2, 0.25) is 0 Å². The third-order valence-corrected chi connectivity index (χ3v) is 4.09. The van der Waals surface area contributed by atoms with E-state index in [9.17, 15) is 9.59 Å². The molecule has 138 valence electrons. The van der Waals surface area contributed by atoms with Crippen molar-refractivity contribution in [1.82, 2.24) is 5.32 Å². The number of aryl methyl sites for hydroxylation is 1. The van der Waals surface area contributed by atoms with Crippen LogP contribution >= 0.6 is 0 Å². The highest BCUT2D eigenvalue weighted by Gasteiger charge is 2.11. The van der Waals surface area contributed by atoms with E-state index < -0.39 is 5.91 Å². The van der Waals surface area contributed by atoms with Crippen LogP contribution in [0.15, 0.2) is 42.5 Å². The van der Waals surface area contributed by atoms with Gasteiger partial charge >= 0.3 is 0 Å². The number of benzene rings is 1. The molecule has 0 fully saturated rings. The molecule has 0 saturated carbocycles. The second-order valence-electron chi connectivity index (χ2n) is 6.46. The summed E-state index contributed by atoms with van der Waals surface area (Å²) in [4.78, 5) is 23.2. The van der Waals surface area contributed by atoms with Crippen molar-refractivity contribution in [2.45, 2.75) is 70.8 Å². The van der Waals surface area contributed by atoms with Crippen molar-refractivity contribution >= 4 is 11.8 Å². The van der Waals surface area contributed by atoms with E-state index in [0.717, 1.165) is 25.7 Å². The lowest BCUT2D eigenvalue weighted by atomic mass is 10.1. The number of nitrogens with two attached hydrogens (primary N) is 1. The molecular formula is C21H32N2O2. The van der Waals surface area contributed by atoms with Crippen LogP contribution in [0.5, 0.6) is 0 Å². The average molecular weight is 344 g/mol. The van der Waals surface area contributed by atoms with E-state index in [1.807, 2.05) is 30.4 Å². The molecule has 1 aromatic carbocycles. The first-order valence-electron chi connectivity index (χ1n) is 9.40. The molecule has 0 aliphatic heterocycles. The van der Waals surface area contributed by atoms with Gasteiger partial charge in [0.2, 0.25) is 11.8 Å². The summed E-state index contributed by atoms with van der Waals surface area (Å²) >= 11 is 0. The molecule has 25 heavy (non-hydrogen) atoms. The number of amides is 2. The molecule has 4 nitrogen and oxygen atoms in total. The topological polar surface area (TPSA) is 72.2 Å². The minimum atomic E-state index is -0.402. The maximum atomic E-state index is 12.0. The first-order valence-corrected chi connectivity index (χ1v) is 9.40. The van der Waals surface area contributed by atoms with E-state index in [1.54, 1.807) is 0 Å². The Morgan fingerprint density at radius 3 is 2.52 bits per heavy atom. The van der Waals surface area contributed by atoms with Gasteiger partial charge in [0.15, 0.2) is 0 Å². The van der Waals surface area contributed by atoms with Crippen LogP contribution in [0.4, 0.5) is 0 Å². The number of hydrogen-bond donors (Lipinski definition) is 2. The van der Waals surface area contributed by atoms with E-state index in [4.69, 9.17) is 5.73 Å². The van der Waals surface area contributed by atoms with Gasteiger partial charge in [-0.3, -0.25) is 9.59 Å². The molecule has 0 heterocycles. The molecule has 0 spiro atoms. The summed E-state index contributed by atoms with van der Waals surface area (Å²) < 4.78 is 0. The highest BCUT2D eigenvalue weighted by molar-refractivity contribution is 5.79. The molecule has 2 amide bonds. The Hall–Kier alpha value is -2.10. The van der Waals surface area contributed by atoms with Gasteiger partial charge in [0.05, 0.1) is 12.5 Å². The predicted molar refractivity (Wildman–Crippen MR) is 103 cm³/mol. The zero-order valence-electron chi connectivity index (χ0n) is 15.4. The van der Waals surface area contributed by atoms with Gasteiger partial charge in [-0.05, 0) is 24.8 Å². The molecule has 1 atom stereocenters. The fraction of sp³-hybridized carbons (Fsp3) is 0.524.